The van der Waals surface area contributed by atoms with Gasteiger partial charge >= 0.3 is 11.9 Å². The van der Waals surface area contributed by atoms with Crippen molar-refractivity contribution in [3.63, 3.8) is 0 Å². The van der Waals surface area contributed by atoms with Gasteiger partial charge in [0.1, 0.15) is 18.2 Å². The number of methoxy groups -OCH3 is 1. The third kappa shape index (κ3) is 12.7. The van der Waals surface area contributed by atoms with Gasteiger partial charge in [-0.3, -0.25) is 9.59 Å². The van der Waals surface area contributed by atoms with E-state index in [-0.39, 0.29) is 18.1 Å². The molecular formula is C33H58N4O8. The van der Waals surface area contributed by atoms with E-state index in [9.17, 15) is 24.9 Å². The summed E-state index contributed by atoms with van der Waals surface area (Å²) in [7, 11) is 6.77. The number of phenols is 1. The van der Waals surface area contributed by atoms with E-state index < -0.39 is 47.8 Å². The highest BCUT2D eigenvalue weighted by Crippen LogP contribution is 2.43. The van der Waals surface area contributed by atoms with Crippen molar-refractivity contribution in [1.82, 2.24) is 21.3 Å². The molecule has 1 saturated heterocycles. The zero-order valence-electron chi connectivity index (χ0n) is 28.1. The van der Waals surface area contributed by atoms with Crippen molar-refractivity contribution in [2.75, 3.05) is 54.4 Å². The molecule has 1 aromatic carbocycles. The molecule has 258 valence electrons. The maximum absolute atomic E-state index is 13.7. The van der Waals surface area contributed by atoms with Crippen LogP contribution in [0, 0.1) is 11.3 Å². The molecule has 12 heteroatoms. The number of piperidine rings is 1. The largest absolute Gasteiger partial charge is 0.504 e. The molecule has 12 nitrogen and oxygen atoms in total. The Morgan fingerprint density at radius 2 is 1.67 bits per heavy atom. The quantitative estimate of drug-likeness (QED) is 0.0970. The van der Waals surface area contributed by atoms with Gasteiger partial charge in [-0.1, -0.05) is 6.07 Å². The Balaban J connectivity index is 2.58. The molecule has 1 aliphatic rings. The number of carbonyl (C=O) groups is 2. The van der Waals surface area contributed by atoms with Gasteiger partial charge in [-0.25, -0.2) is 0 Å². The Morgan fingerprint density at radius 1 is 1.00 bits per heavy atom. The normalized spacial score (nSPS) is 18.7. The first-order valence-corrected chi connectivity index (χ1v) is 16.2. The van der Waals surface area contributed by atoms with E-state index in [1.807, 2.05) is 12.1 Å². The molecule has 0 amide bonds. The lowest BCUT2D eigenvalue weighted by atomic mass is 9.67. The molecule has 0 radical (unpaired) electrons. The van der Waals surface area contributed by atoms with Crippen LogP contribution >= 0.6 is 0 Å². The molecule has 1 aliphatic heterocycles. The first-order chi connectivity index (χ1) is 21.5. The molecular weight excluding hydrogens is 580 g/mol. The summed E-state index contributed by atoms with van der Waals surface area (Å²) in [6.07, 6.45) is 2.00. The Kier molecular flexibility index (Phi) is 17.1. The van der Waals surface area contributed by atoms with Crippen molar-refractivity contribution in [3.8, 4) is 11.5 Å². The van der Waals surface area contributed by atoms with Gasteiger partial charge in [-0.2, -0.15) is 0 Å². The second kappa shape index (κ2) is 19.9. The van der Waals surface area contributed by atoms with Crippen molar-refractivity contribution in [2.24, 2.45) is 11.3 Å². The van der Waals surface area contributed by atoms with E-state index in [4.69, 9.17) is 14.2 Å². The van der Waals surface area contributed by atoms with Gasteiger partial charge in [0.25, 0.3) is 0 Å². The van der Waals surface area contributed by atoms with Gasteiger partial charge in [0.2, 0.25) is 0 Å². The van der Waals surface area contributed by atoms with Crippen molar-refractivity contribution in [1.29, 1.82) is 0 Å². The molecule has 0 aliphatic carbocycles. The molecule has 0 bridgehead atoms. The van der Waals surface area contributed by atoms with Gasteiger partial charge in [0, 0.05) is 31.8 Å². The summed E-state index contributed by atoms with van der Waals surface area (Å²) in [6.45, 7) is 5.35. The van der Waals surface area contributed by atoms with Crippen LogP contribution in [-0.2, 0) is 25.5 Å². The number of likely N-dealkylation sites (N-methyl/N-ethyl adjacent to an activating group) is 3. The first kappa shape index (κ1) is 38.7. The predicted molar refractivity (Wildman–Crippen MR) is 173 cm³/mol. The fraction of sp³-hybridized carbons (Fsp3) is 0.758. The minimum absolute atomic E-state index is 0.0452. The summed E-state index contributed by atoms with van der Waals surface area (Å²) in [5.74, 6) is -0.603. The van der Waals surface area contributed by atoms with Crippen molar-refractivity contribution in [2.45, 2.75) is 95.7 Å². The fourth-order valence-corrected chi connectivity index (χ4v) is 6.41. The number of hydrogen-bond acceptors (Lipinski definition) is 12. The minimum atomic E-state index is -0.625. The van der Waals surface area contributed by atoms with E-state index in [1.165, 1.54) is 14.0 Å². The first-order valence-electron chi connectivity index (χ1n) is 16.2. The summed E-state index contributed by atoms with van der Waals surface area (Å²) in [5, 5.41) is 43.4. The standard InChI is InChI=1S/C33H58N4O8/c1-22(38)7-9-25(10-11-26(40)20-34-3)29(44-23(2)39)18-31(45-32(42)27(36-5)21-35-4)33(13-15-37-16-14-33)19-24-8-12-28(41)30(17-24)43-6/h8,12,17,22,25-27,29,31,34-38,40-41H,7,9-11,13-16,18-21H2,1-6H3/t22-,25-,26+,27-,29-,31+/m0/s1. The third-order valence-electron chi connectivity index (χ3n) is 8.94. The van der Waals surface area contributed by atoms with E-state index >= 15 is 0 Å². The molecule has 6 atom stereocenters. The number of aliphatic hydroxyl groups excluding tert-OH is 2. The number of phenolic OH excluding ortho intramolecular Hbond substituents is 1. The van der Waals surface area contributed by atoms with Crippen LogP contribution in [0.1, 0.15) is 64.4 Å². The number of carbonyl (C=O) groups excluding carboxylic acids is 2. The van der Waals surface area contributed by atoms with Crippen molar-refractivity contribution in [3.05, 3.63) is 23.8 Å². The Bertz CT molecular complexity index is 1020. The summed E-state index contributed by atoms with van der Waals surface area (Å²) < 4.78 is 17.9. The summed E-state index contributed by atoms with van der Waals surface area (Å²) >= 11 is 0. The van der Waals surface area contributed by atoms with Crippen LogP contribution in [0.2, 0.25) is 0 Å². The number of ether oxygens (including phenoxy) is 3. The summed E-state index contributed by atoms with van der Waals surface area (Å²) in [5.41, 5.74) is 0.414. The number of aromatic hydroxyl groups is 1. The highest BCUT2D eigenvalue weighted by atomic mass is 16.6. The van der Waals surface area contributed by atoms with Crippen LogP contribution in [0.15, 0.2) is 18.2 Å². The lowest BCUT2D eigenvalue weighted by Crippen LogP contribution is -2.52. The van der Waals surface area contributed by atoms with E-state index in [2.05, 4.69) is 21.3 Å². The maximum Gasteiger partial charge on any atom is 0.324 e. The summed E-state index contributed by atoms with van der Waals surface area (Å²) in [4.78, 5) is 26.2. The number of hydrogen-bond donors (Lipinski definition) is 7. The van der Waals surface area contributed by atoms with Crippen LogP contribution in [-0.4, -0.2) is 112 Å². The molecule has 2 rings (SSSR count). The Labute approximate surface area is 269 Å². The zero-order valence-corrected chi connectivity index (χ0v) is 28.1. The maximum atomic E-state index is 13.7. The van der Waals surface area contributed by atoms with Crippen LogP contribution < -0.4 is 26.0 Å². The van der Waals surface area contributed by atoms with Gasteiger partial charge in [0.15, 0.2) is 11.5 Å². The average Bonchev–Trinajstić information content (AvgIpc) is 3.00. The number of esters is 2. The van der Waals surface area contributed by atoms with Gasteiger partial charge in [0.05, 0.1) is 19.3 Å². The molecule has 7 N–H and O–H groups in total. The Morgan fingerprint density at radius 3 is 2.24 bits per heavy atom. The topological polar surface area (TPSA) is 171 Å². The van der Waals surface area contributed by atoms with Crippen LogP contribution in [0.4, 0.5) is 0 Å². The highest BCUT2D eigenvalue weighted by molar-refractivity contribution is 5.76. The molecule has 45 heavy (non-hydrogen) atoms. The molecule has 0 saturated carbocycles. The average molecular weight is 639 g/mol. The molecule has 1 fully saturated rings. The fourth-order valence-electron chi connectivity index (χ4n) is 6.41. The van der Waals surface area contributed by atoms with E-state index in [0.29, 0.717) is 63.8 Å². The smallest absolute Gasteiger partial charge is 0.324 e. The second-order valence-corrected chi connectivity index (χ2v) is 12.5. The van der Waals surface area contributed by atoms with Gasteiger partial charge < -0.3 is 50.8 Å². The molecule has 1 aromatic rings. The van der Waals surface area contributed by atoms with Crippen LogP contribution in [0.5, 0.6) is 11.5 Å². The van der Waals surface area contributed by atoms with E-state index in [0.717, 1.165) is 18.7 Å². The second-order valence-electron chi connectivity index (χ2n) is 12.5. The van der Waals surface area contributed by atoms with Gasteiger partial charge in [-0.15, -0.1) is 0 Å². The zero-order chi connectivity index (χ0) is 33.4. The van der Waals surface area contributed by atoms with E-state index in [1.54, 1.807) is 34.1 Å². The lowest BCUT2D eigenvalue weighted by molar-refractivity contribution is -0.168. The Hall–Kier alpha value is -2.48. The molecule has 0 unspecified atom stereocenters. The molecule has 0 spiro atoms. The third-order valence-corrected chi connectivity index (χ3v) is 8.94. The molecule has 0 aromatic heterocycles. The van der Waals surface area contributed by atoms with Crippen LogP contribution in [0.3, 0.4) is 0 Å². The number of benzene rings is 1. The number of aliphatic hydroxyl groups is 2. The van der Waals surface area contributed by atoms with Crippen LogP contribution in [0.25, 0.3) is 0 Å². The minimum Gasteiger partial charge on any atom is -0.504 e. The van der Waals surface area contributed by atoms with Crippen molar-refractivity contribution < 1.29 is 39.1 Å². The number of rotatable bonds is 21. The molecule has 1 heterocycles. The highest BCUT2D eigenvalue weighted by Gasteiger charge is 2.45. The summed E-state index contributed by atoms with van der Waals surface area (Å²) in [6, 6.07) is 4.70. The number of nitrogens with one attached hydrogen (secondary N) is 4. The SMILES string of the molecule is CNC[C@H](O)CC[C@H](CC[C@H](C)O)[C@H](C[C@@H](OC(=O)[C@H](CNC)NC)C1(Cc2ccc(O)c(OC)c2)CCNCC1)OC(C)=O. The predicted octanol–water partition coefficient (Wildman–Crippen LogP) is 1.49. The monoisotopic (exact) mass is 638 g/mol. The lowest BCUT2D eigenvalue weighted by Gasteiger charge is -2.45. The van der Waals surface area contributed by atoms with Gasteiger partial charge in [-0.05, 0) is 110 Å². The van der Waals surface area contributed by atoms with Crippen molar-refractivity contribution >= 4 is 11.9 Å².